The first-order valence-corrected chi connectivity index (χ1v) is 8.38. The third-order valence-electron chi connectivity index (χ3n) is 4.55. The van der Waals surface area contributed by atoms with Crippen molar-refractivity contribution in [2.24, 2.45) is 0 Å². The second-order valence-electron chi connectivity index (χ2n) is 6.22. The van der Waals surface area contributed by atoms with E-state index in [-0.39, 0.29) is 11.8 Å². The van der Waals surface area contributed by atoms with Crippen molar-refractivity contribution in [3.63, 3.8) is 0 Å². The zero-order valence-electron chi connectivity index (χ0n) is 14.0. The van der Waals surface area contributed by atoms with Gasteiger partial charge in [-0.15, -0.1) is 0 Å². The molecule has 3 aromatic rings. The summed E-state index contributed by atoms with van der Waals surface area (Å²) in [5.74, 6) is -0.558. The van der Waals surface area contributed by atoms with Crippen LogP contribution >= 0.6 is 0 Å². The molecule has 0 N–H and O–H groups in total. The molecule has 5 nitrogen and oxygen atoms in total. The number of imide groups is 1. The van der Waals surface area contributed by atoms with Crippen LogP contribution in [0.2, 0.25) is 0 Å². The van der Waals surface area contributed by atoms with Gasteiger partial charge < -0.3 is 0 Å². The highest BCUT2D eigenvalue weighted by Gasteiger charge is 2.32. The summed E-state index contributed by atoms with van der Waals surface area (Å²) in [7, 11) is 0. The van der Waals surface area contributed by atoms with Crippen molar-refractivity contribution in [1.29, 1.82) is 5.26 Å². The third-order valence-corrected chi connectivity index (χ3v) is 4.55. The van der Waals surface area contributed by atoms with Crippen LogP contribution in [0.25, 0.3) is 10.9 Å². The Hall–Kier alpha value is -3.52. The van der Waals surface area contributed by atoms with Gasteiger partial charge in [0.2, 0.25) is 0 Å². The molecule has 0 atom stereocenters. The normalized spacial score (nSPS) is 12.9. The Morgan fingerprint density at radius 1 is 1.15 bits per heavy atom. The molecule has 1 aliphatic rings. The lowest BCUT2D eigenvalue weighted by Crippen LogP contribution is -2.31. The lowest BCUT2D eigenvalue weighted by atomic mass is 10.1. The van der Waals surface area contributed by atoms with Crippen LogP contribution < -0.4 is 0 Å². The number of carbonyl (C=O) groups is 2. The molecule has 0 fully saturated rings. The van der Waals surface area contributed by atoms with Crippen molar-refractivity contribution in [3.8, 4) is 6.07 Å². The molecule has 26 heavy (non-hydrogen) atoms. The minimum Gasteiger partial charge on any atom is -0.270 e. The molecule has 4 rings (SSSR count). The smallest absolute Gasteiger partial charge is 0.261 e. The van der Waals surface area contributed by atoms with Gasteiger partial charge >= 0.3 is 0 Å². The SMILES string of the molecule is N#CCCc1ccc2cc(C(=O)N3Cc4ccccc4C3=O)ccc2n1. The second kappa shape index (κ2) is 6.41. The maximum Gasteiger partial charge on any atom is 0.261 e. The monoisotopic (exact) mass is 341 g/mol. The predicted octanol–water partition coefficient (Wildman–Crippen LogP) is 3.49. The van der Waals surface area contributed by atoms with Crippen LogP contribution in [-0.2, 0) is 13.0 Å². The van der Waals surface area contributed by atoms with E-state index in [0.29, 0.717) is 30.5 Å². The Morgan fingerprint density at radius 2 is 2.00 bits per heavy atom. The van der Waals surface area contributed by atoms with E-state index >= 15 is 0 Å². The molecule has 0 spiro atoms. The van der Waals surface area contributed by atoms with Gasteiger partial charge in [0.1, 0.15) is 0 Å². The number of benzene rings is 2. The Labute approximate surface area is 150 Å². The van der Waals surface area contributed by atoms with Gasteiger partial charge in [0.05, 0.1) is 18.1 Å². The van der Waals surface area contributed by atoms with Gasteiger partial charge in [-0.3, -0.25) is 19.5 Å². The predicted molar refractivity (Wildman–Crippen MR) is 96.3 cm³/mol. The number of fused-ring (bicyclic) bond motifs is 2. The van der Waals surface area contributed by atoms with Crippen LogP contribution in [0.4, 0.5) is 0 Å². The maximum atomic E-state index is 12.8. The molecular formula is C21H15N3O2. The van der Waals surface area contributed by atoms with Gasteiger partial charge in [-0.2, -0.15) is 5.26 Å². The number of amides is 2. The highest BCUT2D eigenvalue weighted by Crippen LogP contribution is 2.25. The molecule has 0 bridgehead atoms. The molecule has 1 aromatic heterocycles. The number of nitriles is 1. The van der Waals surface area contributed by atoms with Crippen LogP contribution in [0.3, 0.4) is 0 Å². The summed E-state index contributed by atoms with van der Waals surface area (Å²) in [6, 6.07) is 18.4. The molecule has 126 valence electrons. The Kier molecular flexibility index (Phi) is 3.94. The van der Waals surface area contributed by atoms with Crippen molar-refractivity contribution < 1.29 is 9.59 Å². The van der Waals surface area contributed by atoms with Gasteiger partial charge in [-0.05, 0) is 35.9 Å². The number of nitrogens with zero attached hydrogens (tertiary/aromatic N) is 3. The molecule has 2 heterocycles. The number of aryl methyl sites for hydroxylation is 1. The zero-order valence-corrected chi connectivity index (χ0v) is 14.0. The first kappa shape index (κ1) is 16.0. The fraction of sp³-hybridized carbons (Fsp3) is 0.143. The van der Waals surface area contributed by atoms with E-state index < -0.39 is 0 Å². The van der Waals surface area contributed by atoms with Crippen LogP contribution in [0.1, 0.15) is 38.4 Å². The number of rotatable bonds is 3. The van der Waals surface area contributed by atoms with Crippen molar-refractivity contribution in [2.75, 3.05) is 0 Å². The molecule has 2 amide bonds. The maximum absolute atomic E-state index is 12.8. The quantitative estimate of drug-likeness (QED) is 0.684. The molecule has 5 heteroatoms. The van der Waals surface area contributed by atoms with Crippen LogP contribution in [-0.4, -0.2) is 21.7 Å². The van der Waals surface area contributed by atoms with Gasteiger partial charge in [0.25, 0.3) is 11.8 Å². The summed E-state index contributed by atoms with van der Waals surface area (Å²) in [6.45, 7) is 0.303. The van der Waals surface area contributed by atoms with E-state index in [1.54, 1.807) is 30.3 Å². The molecule has 0 saturated carbocycles. The number of hydrogen-bond donors (Lipinski definition) is 0. The molecule has 0 aliphatic carbocycles. The minimum absolute atomic E-state index is 0.254. The van der Waals surface area contributed by atoms with E-state index in [2.05, 4.69) is 11.1 Å². The molecule has 0 saturated heterocycles. The molecule has 0 radical (unpaired) electrons. The lowest BCUT2D eigenvalue weighted by Gasteiger charge is -2.14. The topological polar surface area (TPSA) is 74.1 Å². The Bertz CT molecular complexity index is 1080. The van der Waals surface area contributed by atoms with Gasteiger partial charge in [-0.1, -0.05) is 24.3 Å². The molecule has 1 aliphatic heterocycles. The van der Waals surface area contributed by atoms with Gasteiger partial charge in [-0.25, -0.2) is 0 Å². The molecule has 0 unspecified atom stereocenters. The largest absolute Gasteiger partial charge is 0.270 e. The summed E-state index contributed by atoms with van der Waals surface area (Å²) >= 11 is 0. The fourth-order valence-electron chi connectivity index (χ4n) is 3.20. The van der Waals surface area contributed by atoms with E-state index in [0.717, 1.165) is 22.2 Å². The summed E-state index contributed by atoms with van der Waals surface area (Å²) < 4.78 is 0. The first-order chi connectivity index (χ1) is 12.7. The Morgan fingerprint density at radius 3 is 2.81 bits per heavy atom. The number of carbonyl (C=O) groups excluding carboxylic acids is 2. The number of aromatic nitrogens is 1. The highest BCUT2D eigenvalue weighted by atomic mass is 16.2. The van der Waals surface area contributed by atoms with E-state index in [1.165, 1.54) is 4.90 Å². The van der Waals surface area contributed by atoms with E-state index in [9.17, 15) is 9.59 Å². The van der Waals surface area contributed by atoms with E-state index in [4.69, 9.17) is 5.26 Å². The van der Waals surface area contributed by atoms with Crippen LogP contribution in [0, 0.1) is 11.3 Å². The van der Waals surface area contributed by atoms with Crippen molar-refractivity contribution in [2.45, 2.75) is 19.4 Å². The average molecular weight is 341 g/mol. The highest BCUT2D eigenvalue weighted by molar-refractivity contribution is 6.13. The third kappa shape index (κ3) is 2.72. The first-order valence-electron chi connectivity index (χ1n) is 8.38. The summed E-state index contributed by atoms with van der Waals surface area (Å²) in [5.41, 5.74) is 3.54. The van der Waals surface area contributed by atoms with Crippen molar-refractivity contribution in [3.05, 3.63) is 77.0 Å². The summed E-state index contributed by atoms with van der Waals surface area (Å²) in [5, 5.41) is 9.52. The zero-order chi connectivity index (χ0) is 18.1. The van der Waals surface area contributed by atoms with Gasteiger partial charge in [0, 0.05) is 35.0 Å². The fourth-order valence-corrected chi connectivity index (χ4v) is 3.20. The van der Waals surface area contributed by atoms with Gasteiger partial charge in [0.15, 0.2) is 0 Å². The van der Waals surface area contributed by atoms with Crippen molar-refractivity contribution >= 4 is 22.7 Å². The number of pyridine rings is 1. The average Bonchev–Trinajstić information content (AvgIpc) is 3.02. The number of hydrogen-bond acceptors (Lipinski definition) is 4. The van der Waals surface area contributed by atoms with Crippen LogP contribution in [0.15, 0.2) is 54.6 Å². The minimum atomic E-state index is -0.304. The Balaban J connectivity index is 1.62. The molecular weight excluding hydrogens is 326 g/mol. The van der Waals surface area contributed by atoms with E-state index in [1.807, 2.05) is 24.3 Å². The summed E-state index contributed by atoms with van der Waals surface area (Å²) in [4.78, 5) is 31.1. The second-order valence-corrected chi connectivity index (χ2v) is 6.22. The lowest BCUT2D eigenvalue weighted by molar-refractivity contribution is 0.0631. The van der Waals surface area contributed by atoms with Crippen molar-refractivity contribution in [1.82, 2.24) is 9.88 Å². The summed E-state index contributed by atoms with van der Waals surface area (Å²) in [6.07, 6.45) is 1.03. The molecule has 2 aromatic carbocycles. The van der Waals surface area contributed by atoms with Crippen LogP contribution in [0.5, 0.6) is 0 Å². The standard InChI is InChI=1S/C21H15N3O2/c22-11-3-5-17-9-7-14-12-15(8-10-19(14)23-17)20(25)24-13-16-4-1-2-6-18(16)21(24)26/h1-2,4,6-10,12H,3,5,13H2.